The molecule has 0 radical (unpaired) electrons. The molecule has 0 spiro atoms. The maximum Gasteiger partial charge on any atom is 0.118 e. The Bertz CT molecular complexity index is 607. The lowest BCUT2D eigenvalue weighted by atomic mass is 9.74. The lowest BCUT2D eigenvalue weighted by Crippen LogP contribution is -2.37. The molecule has 3 aliphatic rings. The molecule has 0 saturated heterocycles. The number of nitrogens with zero attached hydrogens (tertiary/aromatic N) is 2. The summed E-state index contributed by atoms with van der Waals surface area (Å²) < 4.78 is 10.1. The fourth-order valence-electron chi connectivity index (χ4n) is 2.76. The van der Waals surface area contributed by atoms with Crippen LogP contribution in [0, 0.1) is 5.92 Å². The van der Waals surface area contributed by atoms with Crippen LogP contribution in [0.5, 0.6) is 0 Å². The molecule has 3 atom stereocenters. The zero-order valence-electron chi connectivity index (χ0n) is 9.87. The highest BCUT2D eigenvalue weighted by atomic mass is 33.1. The summed E-state index contributed by atoms with van der Waals surface area (Å²) in [6.45, 7) is 2.27. The van der Waals surface area contributed by atoms with Gasteiger partial charge in [-0.3, -0.25) is 0 Å². The van der Waals surface area contributed by atoms with Crippen molar-refractivity contribution in [2.24, 2.45) is 15.5 Å². The molecule has 3 unspecified atom stereocenters. The van der Waals surface area contributed by atoms with Crippen LogP contribution >= 0.6 is 20.8 Å². The van der Waals surface area contributed by atoms with Gasteiger partial charge in [-0.1, -0.05) is 42.4 Å². The summed E-state index contributed by atoms with van der Waals surface area (Å²) >= 11 is 0. The molecule has 0 N–H and O–H groups in total. The first-order chi connectivity index (χ1) is 8.84. The van der Waals surface area contributed by atoms with Gasteiger partial charge in [-0.15, -0.1) is 0 Å². The standard InChI is InChI=1S/C13H12N2OS2/c1-8-10(9-5-3-2-4-6-9)7-11-13-12(8)15-17-18(13)16-14-11/h2-6,8,10H,7H2,1H3. The summed E-state index contributed by atoms with van der Waals surface area (Å²) in [4.78, 5) is 1.28. The fourth-order valence-corrected chi connectivity index (χ4v) is 5.65. The normalized spacial score (nSPS) is 32.7. The third-order valence-corrected chi connectivity index (χ3v) is 6.46. The Labute approximate surface area is 112 Å². The second kappa shape index (κ2) is 3.96. The van der Waals surface area contributed by atoms with E-state index in [1.54, 1.807) is 0 Å². The van der Waals surface area contributed by atoms with Crippen LogP contribution < -0.4 is 0 Å². The zero-order valence-corrected chi connectivity index (χ0v) is 11.5. The third-order valence-electron chi connectivity index (χ3n) is 3.76. The van der Waals surface area contributed by atoms with Crippen molar-refractivity contribution in [2.45, 2.75) is 19.3 Å². The lowest BCUT2D eigenvalue weighted by molar-refractivity contribution is 0.411. The first-order valence-corrected chi connectivity index (χ1v) is 8.45. The van der Waals surface area contributed by atoms with Crippen LogP contribution in [0.2, 0.25) is 0 Å². The topological polar surface area (TPSA) is 34.0 Å². The van der Waals surface area contributed by atoms with Gasteiger partial charge in [0.1, 0.15) is 15.5 Å². The monoisotopic (exact) mass is 276 g/mol. The molecular formula is C13H12N2OS2. The van der Waals surface area contributed by atoms with Gasteiger partial charge in [0.2, 0.25) is 0 Å². The smallest absolute Gasteiger partial charge is 0.118 e. The predicted octanol–water partition coefficient (Wildman–Crippen LogP) is 3.57. The molecule has 1 fully saturated rings. The highest BCUT2D eigenvalue weighted by Crippen LogP contribution is 2.50. The SMILES string of the molecule is CC1C2=NSS3=C2C(=NO3)CC1c1ccccc1. The van der Waals surface area contributed by atoms with E-state index in [0.29, 0.717) is 11.8 Å². The Hall–Kier alpha value is -1.07. The van der Waals surface area contributed by atoms with Crippen molar-refractivity contribution in [3.8, 4) is 0 Å². The van der Waals surface area contributed by atoms with Gasteiger partial charge in [0.05, 0.1) is 21.6 Å². The van der Waals surface area contributed by atoms with E-state index in [1.807, 2.05) is 0 Å². The van der Waals surface area contributed by atoms with E-state index >= 15 is 0 Å². The Morgan fingerprint density at radius 2 is 2.17 bits per heavy atom. The second-order valence-corrected chi connectivity index (χ2v) is 7.45. The summed E-state index contributed by atoms with van der Waals surface area (Å²) in [5.74, 6) is 0.923. The van der Waals surface area contributed by atoms with Gasteiger partial charge in [-0.25, -0.2) is 4.40 Å². The zero-order chi connectivity index (χ0) is 12.1. The molecule has 2 heterocycles. The molecule has 1 aliphatic carbocycles. The summed E-state index contributed by atoms with van der Waals surface area (Å²) in [7, 11) is 1.29. The van der Waals surface area contributed by atoms with E-state index in [0.717, 1.165) is 12.1 Å². The van der Waals surface area contributed by atoms with Crippen LogP contribution in [0.15, 0.2) is 39.9 Å². The first-order valence-electron chi connectivity index (χ1n) is 6.01. The maximum absolute atomic E-state index is 5.45. The van der Waals surface area contributed by atoms with Crippen LogP contribution in [0.1, 0.15) is 24.8 Å². The predicted molar refractivity (Wildman–Crippen MR) is 79.1 cm³/mol. The van der Waals surface area contributed by atoms with Crippen molar-refractivity contribution in [3.63, 3.8) is 0 Å². The Morgan fingerprint density at radius 3 is 3.00 bits per heavy atom. The molecule has 92 valence electrons. The van der Waals surface area contributed by atoms with Gasteiger partial charge in [0.25, 0.3) is 0 Å². The van der Waals surface area contributed by atoms with Crippen molar-refractivity contribution in [1.82, 2.24) is 0 Å². The van der Waals surface area contributed by atoms with Gasteiger partial charge < -0.3 is 4.28 Å². The summed E-state index contributed by atoms with van der Waals surface area (Å²) in [6, 6.07) is 10.7. The van der Waals surface area contributed by atoms with Crippen molar-refractivity contribution in [3.05, 3.63) is 35.9 Å². The Kier molecular flexibility index (Phi) is 2.38. The molecule has 18 heavy (non-hydrogen) atoms. The average Bonchev–Trinajstić information content (AvgIpc) is 3.00. The Morgan fingerprint density at radius 1 is 1.33 bits per heavy atom. The lowest BCUT2D eigenvalue weighted by Gasteiger charge is -2.29. The molecular weight excluding hydrogens is 264 g/mol. The molecule has 5 heteroatoms. The fraction of sp³-hybridized carbons (Fsp3) is 0.308. The minimum atomic E-state index is -0.243. The molecule has 3 nitrogen and oxygen atoms in total. The van der Waals surface area contributed by atoms with Crippen molar-refractivity contribution in [1.29, 1.82) is 0 Å². The minimum absolute atomic E-state index is 0.243. The van der Waals surface area contributed by atoms with Crippen LogP contribution in [-0.2, 0) is 4.28 Å². The van der Waals surface area contributed by atoms with Gasteiger partial charge in [-0.2, -0.15) is 0 Å². The third kappa shape index (κ3) is 1.44. The summed E-state index contributed by atoms with van der Waals surface area (Å²) in [5.41, 5.74) is 3.70. The number of hydrogen-bond donors (Lipinski definition) is 0. The van der Waals surface area contributed by atoms with Crippen LogP contribution in [0.25, 0.3) is 0 Å². The largest absolute Gasteiger partial charge is 0.317 e. The quantitative estimate of drug-likeness (QED) is 0.446. The number of benzene rings is 1. The van der Waals surface area contributed by atoms with Crippen LogP contribution in [0.4, 0.5) is 0 Å². The number of oxime groups is 1. The molecule has 2 aliphatic heterocycles. The van der Waals surface area contributed by atoms with Gasteiger partial charge in [0, 0.05) is 12.3 Å². The average molecular weight is 276 g/mol. The van der Waals surface area contributed by atoms with Crippen molar-refractivity contribution in [2.75, 3.05) is 0 Å². The molecule has 0 aromatic heterocycles. The van der Waals surface area contributed by atoms with Crippen LogP contribution in [0.3, 0.4) is 0 Å². The van der Waals surface area contributed by atoms with Crippen molar-refractivity contribution < 1.29 is 4.28 Å². The van der Waals surface area contributed by atoms with Gasteiger partial charge in [0.15, 0.2) is 0 Å². The van der Waals surface area contributed by atoms with E-state index < -0.39 is 0 Å². The molecule has 0 amide bonds. The molecule has 1 aromatic carbocycles. The van der Waals surface area contributed by atoms with E-state index in [1.165, 1.54) is 27.1 Å². The molecule has 1 saturated carbocycles. The minimum Gasteiger partial charge on any atom is -0.317 e. The van der Waals surface area contributed by atoms with E-state index in [9.17, 15) is 0 Å². The first kappa shape index (κ1) is 10.8. The van der Waals surface area contributed by atoms with Crippen molar-refractivity contribution >= 4 is 37.1 Å². The van der Waals surface area contributed by atoms with E-state index in [-0.39, 0.29) is 9.80 Å². The second-order valence-electron chi connectivity index (χ2n) is 4.74. The molecule has 1 aromatic rings. The Balaban J connectivity index is 1.78. The number of hydrogen-bond acceptors (Lipinski definition) is 4. The number of rotatable bonds is 1. The van der Waals surface area contributed by atoms with Crippen LogP contribution in [-0.4, -0.2) is 16.3 Å². The van der Waals surface area contributed by atoms with Gasteiger partial charge >= 0.3 is 0 Å². The van der Waals surface area contributed by atoms with E-state index in [4.69, 9.17) is 4.28 Å². The highest BCUT2D eigenvalue weighted by Gasteiger charge is 2.42. The molecule has 0 bridgehead atoms. The molecule has 4 rings (SSSR count). The summed E-state index contributed by atoms with van der Waals surface area (Å²) in [6.07, 6.45) is 0.976. The van der Waals surface area contributed by atoms with E-state index in [2.05, 4.69) is 46.8 Å². The maximum atomic E-state index is 5.45. The summed E-state index contributed by atoms with van der Waals surface area (Å²) in [5, 5.41) is 4.24. The highest BCUT2D eigenvalue weighted by molar-refractivity contribution is 8.82. The van der Waals surface area contributed by atoms with Gasteiger partial charge in [-0.05, 0) is 11.5 Å².